The molecule has 0 heterocycles. The van der Waals surface area contributed by atoms with Crippen molar-refractivity contribution < 1.29 is 33.0 Å². The second kappa shape index (κ2) is 6.05. The normalized spacial score (nSPS) is 13.1. The monoisotopic (exact) mass is 254 g/mol. The van der Waals surface area contributed by atoms with Crippen molar-refractivity contribution in [2.45, 2.75) is 6.18 Å². The average molecular weight is 254 g/mol. The summed E-state index contributed by atoms with van der Waals surface area (Å²) in [7, 11) is 0. The first-order valence-corrected chi connectivity index (χ1v) is 4.29. The summed E-state index contributed by atoms with van der Waals surface area (Å²) in [4.78, 5) is 21.2. The van der Waals surface area contributed by atoms with E-state index in [0.29, 0.717) is 4.90 Å². The summed E-state index contributed by atoms with van der Waals surface area (Å²) in [6.07, 6.45) is -4.82. The smallest absolute Gasteiger partial charge is 0.405 e. The highest BCUT2D eigenvalue weighted by molar-refractivity contribution is 5.72. The Hall–Kier alpha value is -1.82. The molecule has 0 aromatic carbocycles. The van der Waals surface area contributed by atoms with Gasteiger partial charge in [-0.1, -0.05) is 0 Å². The number of aliphatic carboxylic acids is 2. The predicted molar refractivity (Wildman–Crippen MR) is 46.9 cm³/mol. The van der Waals surface area contributed by atoms with E-state index >= 15 is 0 Å². The Balaban J connectivity index is 4.66. The zero-order valence-corrected chi connectivity index (χ0v) is 8.44. The first kappa shape index (κ1) is 15.2. The molecule has 0 rings (SSSR count). The number of hydrogen-bond donors (Lipinski definition) is 2. The Morgan fingerprint density at radius 2 is 1.65 bits per heavy atom. The third kappa shape index (κ3) is 6.36. The first-order valence-electron chi connectivity index (χ1n) is 4.29. The number of carboxylic acid groups (broad SMARTS) is 2. The van der Waals surface area contributed by atoms with Gasteiger partial charge < -0.3 is 10.2 Å². The van der Waals surface area contributed by atoms with E-state index < -0.39 is 43.7 Å². The summed E-state index contributed by atoms with van der Waals surface area (Å²) in [5.41, 5.74) is 0. The van der Waals surface area contributed by atoms with Gasteiger partial charge in [-0.15, -0.1) is 0 Å². The number of nitrogens with zero attached hydrogens (tertiary/aromatic N) is 2. The van der Waals surface area contributed by atoms with Gasteiger partial charge in [0.2, 0.25) is 0 Å². The van der Waals surface area contributed by atoms with Gasteiger partial charge in [0.05, 0.1) is 19.2 Å². The van der Waals surface area contributed by atoms with Crippen molar-refractivity contribution in [3.63, 3.8) is 0 Å². The van der Waals surface area contributed by atoms with Gasteiger partial charge in [-0.25, -0.2) is 0 Å². The summed E-state index contributed by atoms with van der Waals surface area (Å²) in [6.45, 7) is -2.74. The first-order chi connectivity index (χ1) is 7.66. The highest BCUT2D eigenvalue weighted by atomic mass is 19.4. The zero-order chi connectivity index (χ0) is 13.6. The second-order valence-electron chi connectivity index (χ2n) is 3.18. The number of rotatable bonds is 6. The molecule has 0 aliphatic carbocycles. The van der Waals surface area contributed by atoms with E-state index in [9.17, 15) is 22.8 Å². The van der Waals surface area contributed by atoms with Gasteiger partial charge >= 0.3 is 18.1 Å². The number of hydrogen-bond acceptors (Lipinski definition) is 4. The molecule has 0 aliphatic heterocycles. The maximum absolute atomic E-state index is 12.2. The summed E-state index contributed by atoms with van der Waals surface area (Å²) in [6, 6.07) is 0.966. The highest BCUT2D eigenvalue weighted by Gasteiger charge is 2.41. The molecule has 17 heavy (non-hydrogen) atoms. The molecule has 1 atom stereocenters. The van der Waals surface area contributed by atoms with Gasteiger partial charge in [0.25, 0.3) is 0 Å². The van der Waals surface area contributed by atoms with Crippen LogP contribution in [-0.2, 0) is 9.59 Å². The van der Waals surface area contributed by atoms with E-state index in [-0.39, 0.29) is 0 Å². The molecule has 2 N–H and O–H groups in total. The maximum atomic E-state index is 12.2. The Morgan fingerprint density at radius 3 is 1.88 bits per heavy atom. The lowest BCUT2D eigenvalue weighted by Crippen LogP contribution is -2.41. The van der Waals surface area contributed by atoms with Crippen LogP contribution in [0.2, 0.25) is 0 Å². The van der Waals surface area contributed by atoms with Crippen LogP contribution in [0.3, 0.4) is 0 Å². The minimum absolute atomic E-state index is 0.534. The van der Waals surface area contributed by atoms with Crippen LogP contribution in [-0.4, -0.2) is 52.9 Å². The predicted octanol–water partition coefficient (Wildman–Crippen LogP) is 0.160. The van der Waals surface area contributed by atoms with Crippen molar-refractivity contribution in [2.24, 2.45) is 5.92 Å². The molecular formula is C8H9F3N2O4. The van der Waals surface area contributed by atoms with Gasteiger partial charge in [0, 0.05) is 6.54 Å². The molecule has 0 saturated heterocycles. The maximum Gasteiger partial charge on any atom is 0.405 e. The van der Waals surface area contributed by atoms with Gasteiger partial charge in [0.1, 0.15) is 0 Å². The van der Waals surface area contributed by atoms with Crippen molar-refractivity contribution in [2.75, 3.05) is 19.6 Å². The minimum atomic E-state index is -4.82. The third-order valence-corrected chi connectivity index (χ3v) is 1.71. The lowest BCUT2D eigenvalue weighted by Gasteiger charge is -2.22. The zero-order valence-electron chi connectivity index (χ0n) is 8.44. The Bertz CT molecular complexity index is 321. The Morgan fingerprint density at radius 1 is 1.24 bits per heavy atom. The largest absolute Gasteiger partial charge is 0.480 e. The van der Waals surface area contributed by atoms with E-state index in [2.05, 4.69) is 0 Å². The topological polar surface area (TPSA) is 102 Å². The molecule has 1 unspecified atom stereocenters. The SMILES string of the molecule is N#CC(CN(CC(=O)O)CC(=O)O)C(F)(F)F. The third-order valence-electron chi connectivity index (χ3n) is 1.71. The lowest BCUT2D eigenvalue weighted by atomic mass is 10.1. The van der Waals surface area contributed by atoms with Crippen LogP contribution in [0.25, 0.3) is 0 Å². The fourth-order valence-corrected chi connectivity index (χ4v) is 1.04. The van der Waals surface area contributed by atoms with Crippen molar-refractivity contribution in [1.29, 1.82) is 5.26 Å². The number of halogens is 3. The van der Waals surface area contributed by atoms with Crippen molar-refractivity contribution in [1.82, 2.24) is 4.90 Å². The summed E-state index contributed by atoms with van der Waals surface area (Å²) < 4.78 is 36.6. The molecule has 0 spiro atoms. The molecule has 0 amide bonds. The van der Waals surface area contributed by atoms with Crippen LogP contribution < -0.4 is 0 Å². The van der Waals surface area contributed by atoms with Crippen LogP contribution in [0, 0.1) is 17.2 Å². The second-order valence-corrected chi connectivity index (χ2v) is 3.18. The molecule has 0 bridgehead atoms. The number of alkyl halides is 3. The Kier molecular flexibility index (Phi) is 5.40. The van der Waals surface area contributed by atoms with Crippen molar-refractivity contribution in [3.8, 4) is 6.07 Å². The molecule has 0 saturated carbocycles. The van der Waals surface area contributed by atoms with Crippen LogP contribution in [0.15, 0.2) is 0 Å². The van der Waals surface area contributed by atoms with E-state index in [1.54, 1.807) is 0 Å². The van der Waals surface area contributed by atoms with E-state index in [1.807, 2.05) is 0 Å². The number of carbonyl (C=O) groups is 2. The van der Waals surface area contributed by atoms with Gasteiger partial charge in [-0.05, 0) is 0 Å². The lowest BCUT2D eigenvalue weighted by molar-refractivity contribution is -0.166. The molecule has 0 radical (unpaired) electrons. The summed E-state index contributed by atoms with van der Waals surface area (Å²) in [5, 5.41) is 25.1. The molecule has 9 heteroatoms. The van der Waals surface area contributed by atoms with E-state index in [4.69, 9.17) is 15.5 Å². The number of nitriles is 1. The molecular weight excluding hydrogens is 245 g/mol. The van der Waals surface area contributed by atoms with E-state index in [0.717, 1.165) is 6.07 Å². The highest BCUT2D eigenvalue weighted by Crippen LogP contribution is 2.26. The minimum Gasteiger partial charge on any atom is -0.480 e. The molecule has 96 valence electrons. The standard InChI is InChI=1S/C8H9F3N2O4/c9-8(10,11)5(1-12)2-13(3-6(14)15)4-7(16)17/h5H,2-4H2,(H,14,15)(H,16,17). The van der Waals surface area contributed by atoms with Crippen LogP contribution >= 0.6 is 0 Å². The molecule has 6 nitrogen and oxygen atoms in total. The van der Waals surface area contributed by atoms with Crippen molar-refractivity contribution >= 4 is 11.9 Å². The van der Waals surface area contributed by atoms with Gasteiger partial charge in [0.15, 0.2) is 5.92 Å². The summed E-state index contributed by atoms with van der Waals surface area (Å²) in [5.74, 6) is -5.35. The van der Waals surface area contributed by atoms with Crippen LogP contribution in [0.4, 0.5) is 13.2 Å². The van der Waals surface area contributed by atoms with Crippen LogP contribution in [0.5, 0.6) is 0 Å². The Labute approximate surface area is 93.9 Å². The van der Waals surface area contributed by atoms with Crippen LogP contribution in [0.1, 0.15) is 0 Å². The van der Waals surface area contributed by atoms with E-state index in [1.165, 1.54) is 0 Å². The molecule has 0 aliphatic rings. The quantitative estimate of drug-likeness (QED) is 0.700. The fourth-order valence-electron chi connectivity index (χ4n) is 1.04. The van der Waals surface area contributed by atoms with Crippen molar-refractivity contribution in [3.05, 3.63) is 0 Å². The van der Waals surface area contributed by atoms with Gasteiger partial charge in [-0.2, -0.15) is 18.4 Å². The molecule has 0 aromatic heterocycles. The average Bonchev–Trinajstić information content (AvgIpc) is 2.09. The molecule has 0 aromatic rings. The summed E-state index contributed by atoms with van der Waals surface area (Å²) >= 11 is 0. The van der Waals surface area contributed by atoms with Gasteiger partial charge in [-0.3, -0.25) is 14.5 Å². The fraction of sp³-hybridized carbons (Fsp3) is 0.625. The number of carboxylic acids is 2. The molecule has 0 fully saturated rings.